The summed E-state index contributed by atoms with van der Waals surface area (Å²) in [5.74, 6) is -0.0430. The van der Waals surface area contributed by atoms with Crippen LogP contribution in [0.3, 0.4) is 0 Å². The van der Waals surface area contributed by atoms with Gasteiger partial charge in [0, 0.05) is 16.0 Å². The molecule has 1 N–H and O–H groups in total. The summed E-state index contributed by atoms with van der Waals surface area (Å²) in [6, 6.07) is 20.4. The number of carbonyl (C=O) groups is 1. The predicted octanol–water partition coefficient (Wildman–Crippen LogP) is 6.19. The number of thiophene rings is 1. The van der Waals surface area contributed by atoms with Crippen LogP contribution >= 0.6 is 11.3 Å². The van der Waals surface area contributed by atoms with Crippen molar-refractivity contribution in [2.45, 2.75) is 39.2 Å². The van der Waals surface area contributed by atoms with E-state index in [4.69, 9.17) is 0 Å². The van der Waals surface area contributed by atoms with Crippen molar-refractivity contribution in [2.75, 3.05) is 18.4 Å². The van der Waals surface area contributed by atoms with E-state index in [-0.39, 0.29) is 11.9 Å². The molecule has 0 unspecified atom stereocenters. The topological polar surface area (TPSA) is 32.3 Å². The van der Waals surface area contributed by atoms with Gasteiger partial charge in [0.1, 0.15) is 5.00 Å². The van der Waals surface area contributed by atoms with Gasteiger partial charge in [-0.1, -0.05) is 55.0 Å². The fraction of sp³-hybridized carbons (Fsp3) is 0.320. The highest BCUT2D eigenvalue weighted by atomic mass is 32.1. The fourth-order valence-corrected chi connectivity index (χ4v) is 5.29. The molecule has 0 spiro atoms. The molecule has 1 aliphatic heterocycles. The number of nitrogens with zero attached hydrogens (tertiary/aromatic N) is 1. The molecule has 2 heterocycles. The second-order valence-corrected chi connectivity index (χ2v) is 8.98. The molecule has 29 heavy (non-hydrogen) atoms. The number of rotatable bonds is 5. The van der Waals surface area contributed by atoms with E-state index in [0.717, 1.165) is 18.1 Å². The van der Waals surface area contributed by atoms with Gasteiger partial charge in [-0.2, -0.15) is 0 Å². The minimum atomic E-state index is -0.0430. The van der Waals surface area contributed by atoms with Gasteiger partial charge in [-0.05, 0) is 63.0 Å². The predicted molar refractivity (Wildman–Crippen MR) is 122 cm³/mol. The monoisotopic (exact) mass is 404 g/mol. The van der Waals surface area contributed by atoms with Crippen molar-refractivity contribution < 1.29 is 4.79 Å². The van der Waals surface area contributed by atoms with Crippen molar-refractivity contribution in [3.8, 4) is 0 Å². The van der Waals surface area contributed by atoms with E-state index in [1.54, 1.807) is 11.3 Å². The molecule has 0 aliphatic carbocycles. The van der Waals surface area contributed by atoms with Crippen LogP contribution in [-0.4, -0.2) is 23.9 Å². The van der Waals surface area contributed by atoms with Crippen molar-refractivity contribution >= 4 is 22.2 Å². The second-order valence-electron chi connectivity index (χ2n) is 7.76. The van der Waals surface area contributed by atoms with Gasteiger partial charge < -0.3 is 5.32 Å². The van der Waals surface area contributed by atoms with E-state index in [2.05, 4.69) is 54.4 Å². The number of anilines is 1. The lowest BCUT2D eigenvalue weighted by molar-refractivity contribution is 0.102. The number of benzene rings is 2. The molecule has 1 aliphatic rings. The van der Waals surface area contributed by atoms with Gasteiger partial charge in [0.15, 0.2) is 0 Å². The van der Waals surface area contributed by atoms with Crippen LogP contribution in [0, 0.1) is 13.8 Å². The average molecular weight is 405 g/mol. The van der Waals surface area contributed by atoms with Crippen LogP contribution in [-0.2, 0) is 0 Å². The van der Waals surface area contributed by atoms with E-state index in [0.29, 0.717) is 5.56 Å². The molecule has 4 rings (SSSR count). The lowest BCUT2D eigenvalue weighted by Crippen LogP contribution is -2.35. The molecule has 150 valence electrons. The Morgan fingerprint density at radius 1 is 0.931 bits per heavy atom. The van der Waals surface area contributed by atoms with Gasteiger partial charge in [-0.15, -0.1) is 11.3 Å². The van der Waals surface area contributed by atoms with E-state index >= 15 is 0 Å². The Morgan fingerprint density at radius 3 is 2.21 bits per heavy atom. The van der Waals surface area contributed by atoms with Crippen LogP contribution in [0.2, 0.25) is 0 Å². The van der Waals surface area contributed by atoms with Crippen LogP contribution in [0.4, 0.5) is 5.00 Å². The number of hydrogen-bond acceptors (Lipinski definition) is 3. The first-order chi connectivity index (χ1) is 14.1. The third-order valence-corrected chi connectivity index (χ3v) is 6.98. The summed E-state index contributed by atoms with van der Waals surface area (Å²) in [4.78, 5) is 16.8. The molecule has 4 heteroatoms. The molecule has 3 aromatic rings. The van der Waals surface area contributed by atoms with Crippen molar-refractivity contribution in [2.24, 2.45) is 0 Å². The van der Waals surface area contributed by atoms with Gasteiger partial charge >= 0.3 is 0 Å². The van der Waals surface area contributed by atoms with Crippen LogP contribution in [0.15, 0.2) is 60.7 Å². The highest BCUT2D eigenvalue weighted by molar-refractivity contribution is 7.16. The Bertz CT molecular complexity index is 959. The molecule has 1 amide bonds. The third kappa shape index (κ3) is 4.29. The Kier molecular flexibility index (Phi) is 6.12. The normalized spacial score (nSPS) is 15.8. The number of amides is 1. The zero-order chi connectivity index (χ0) is 20.2. The molecule has 1 atom stereocenters. The largest absolute Gasteiger partial charge is 0.313 e. The Balaban J connectivity index is 1.75. The number of aryl methyl sites for hydroxylation is 1. The maximum Gasteiger partial charge on any atom is 0.256 e. The fourth-order valence-electron chi connectivity index (χ4n) is 4.20. The van der Waals surface area contributed by atoms with E-state index in [1.165, 1.54) is 40.8 Å². The second kappa shape index (κ2) is 8.93. The first-order valence-electron chi connectivity index (χ1n) is 10.4. The molecular weight excluding hydrogens is 376 g/mol. The van der Waals surface area contributed by atoms with Crippen LogP contribution in [0.25, 0.3) is 0 Å². The summed E-state index contributed by atoms with van der Waals surface area (Å²) < 4.78 is 0. The van der Waals surface area contributed by atoms with Gasteiger partial charge in [0.2, 0.25) is 0 Å². The van der Waals surface area contributed by atoms with Crippen LogP contribution in [0.1, 0.15) is 57.2 Å². The summed E-state index contributed by atoms with van der Waals surface area (Å²) in [5.41, 5.74) is 4.53. The van der Waals surface area contributed by atoms with Gasteiger partial charge in [0.25, 0.3) is 5.91 Å². The molecule has 0 radical (unpaired) electrons. The van der Waals surface area contributed by atoms with E-state index in [9.17, 15) is 4.79 Å². The first kappa shape index (κ1) is 19.9. The number of hydrogen-bond donors (Lipinski definition) is 1. The summed E-state index contributed by atoms with van der Waals surface area (Å²) in [6.45, 7) is 6.54. The highest BCUT2D eigenvalue weighted by Crippen LogP contribution is 2.43. The third-order valence-electron chi connectivity index (χ3n) is 5.84. The molecule has 2 aromatic carbocycles. The minimum Gasteiger partial charge on any atom is -0.313 e. The molecule has 1 saturated heterocycles. The maximum atomic E-state index is 12.9. The molecular formula is C25H28N2OS. The molecule has 1 aromatic heterocycles. The van der Waals surface area contributed by atoms with Crippen molar-refractivity contribution in [1.82, 2.24) is 4.90 Å². The first-order valence-corrected chi connectivity index (χ1v) is 11.2. The van der Waals surface area contributed by atoms with Gasteiger partial charge in [0.05, 0.1) is 6.04 Å². The maximum absolute atomic E-state index is 12.9. The van der Waals surface area contributed by atoms with E-state index < -0.39 is 0 Å². The smallest absolute Gasteiger partial charge is 0.256 e. The van der Waals surface area contributed by atoms with E-state index in [1.807, 2.05) is 30.3 Å². The molecule has 0 bridgehead atoms. The Labute approximate surface area is 177 Å². The van der Waals surface area contributed by atoms with Gasteiger partial charge in [-0.25, -0.2) is 0 Å². The van der Waals surface area contributed by atoms with Crippen molar-refractivity contribution in [1.29, 1.82) is 0 Å². The molecule has 3 nitrogen and oxygen atoms in total. The number of carbonyl (C=O) groups excluding carboxylic acids is 1. The Morgan fingerprint density at radius 2 is 1.55 bits per heavy atom. The number of piperidine rings is 1. The number of nitrogens with one attached hydrogen (secondary N) is 1. The minimum absolute atomic E-state index is 0.0430. The SMILES string of the molecule is Cc1sc(NC(=O)c2ccccc2)c([C@H](c2ccccc2)N2CCCCC2)c1C. The Hall–Kier alpha value is -2.43. The molecule has 0 saturated carbocycles. The van der Waals surface area contributed by atoms with Crippen LogP contribution in [0.5, 0.6) is 0 Å². The highest BCUT2D eigenvalue weighted by Gasteiger charge is 2.30. The number of likely N-dealkylation sites (tertiary alicyclic amines) is 1. The zero-order valence-corrected chi connectivity index (χ0v) is 18.0. The molecule has 1 fully saturated rings. The lowest BCUT2D eigenvalue weighted by atomic mass is 9.93. The van der Waals surface area contributed by atoms with Crippen molar-refractivity contribution in [3.05, 3.63) is 87.8 Å². The zero-order valence-electron chi connectivity index (χ0n) is 17.2. The standard InChI is InChI=1S/C25H28N2OS/c1-18-19(2)29-25(26-24(28)21-14-8-4-9-15-21)22(18)23(20-12-6-3-7-13-20)27-16-10-5-11-17-27/h3-4,6-9,12-15,23H,5,10-11,16-17H2,1-2H3,(H,26,28)/t23-/m0/s1. The lowest BCUT2D eigenvalue weighted by Gasteiger charge is -2.36. The quantitative estimate of drug-likeness (QED) is 0.550. The summed E-state index contributed by atoms with van der Waals surface area (Å²) in [7, 11) is 0. The summed E-state index contributed by atoms with van der Waals surface area (Å²) >= 11 is 1.69. The van der Waals surface area contributed by atoms with Gasteiger partial charge in [-0.3, -0.25) is 9.69 Å². The van der Waals surface area contributed by atoms with Crippen LogP contribution < -0.4 is 5.32 Å². The summed E-state index contributed by atoms with van der Waals surface area (Å²) in [5, 5.41) is 4.21. The van der Waals surface area contributed by atoms with Crippen molar-refractivity contribution in [3.63, 3.8) is 0 Å². The average Bonchev–Trinajstić information content (AvgIpc) is 3.04. The summed E-state index contributed by atoms with van der Waals surface area (Å²) in [6.07, 6.45) is 3.77.